The quantitative estimate of drug-likeness (QED) is 0.139. The highest BCUT2D eigenvalue weighted by atomic mass is 35.5. The van der Waals surface area contributed by atoms with Gasteiger partial charge in [-0.05, 0) is 67.3 Å². The van der Waals surface area contributed by atoms with E-state index in [1.165, 1.54) is 42.7 Å². The van der Waals surface area contributed by atoms with E-state index in [-0.39, 0.29) is 63.6 Å². The second-order valence-corrected chi connectivity index (χ2v) is 17.8. The van der Waals surface area contributed by atoms with Crippen molar-refractivity contribution in [2.75, 3.05) is 13.2 Å². The Labute approximate surface area is 328 Å². The van der Waals surface area contributed by atoms with E-state index in [2.05, 4.69) is 25.5 Å². The van der Waals surface area contributed by atoms with E-state index < -0.39 is 69.7 Å². The van der Waals surface area contributed by atoms with Crippen molar-refractivity contribution in [3.8, 4) is 16.8 Å². The maximum absolute atomic E-state index is 16.4. The molecule has 2 aromatic heterocycles. The number of guanidine groups is 1. The lowest BCUT2D eigenvalue weighted by molar-refractivity contribution is -0.164. The Morgan fingerprint density at radius 2 is 1.81 bits per heavy atom. The second-order valence-electron chi connectivity index (χ2n) is 15.3. The lowest BCUT2D eigenvalue weighted by Gasteiger charge is -2.34. The molecule has 2 bridgehead atoms. The van der Waals surface area contributed by atoms with Gasteiger partial charge in [-0.1, -0.05) is 44.5 Å². The van der Waals surface area contributed by atoms with Crippen molar-refractivity contribution in [2.24, 2.45) is 10.4 Å². The molecular formula is C36H37ClF5N9O5S. The molecule has 14 nitrogen and oxygen atoms in total. The molecule has 2 aliphatic carbocycles. The molecule has 0 saturated heterocycles. The topological polar surface area (TPSA) is 166 Å². The lowest BCUT2D eigenvalue weighted by atomic mass is 9.92. The minimum absolute atomic E-state index is 0.0767. The minimum atomic E-state index is -4.75. The molecule has 0 radical (unpaired) electrons. The minimum Gasteiger partial charge on any atom is -0.447 e. The summed E-state index contributed by atoms with van der Waals surface area (Å²) in [7, 11) is -3.76. The molecular weight excluding hydrogens is 801 g/mol. The Kier molecular flexibility index (Phi) is 10.3. The lowest BCUT2D eigenvalue weighted by Crippen LogP contribution is -2.51. The third kappa shape index (κ3) is 8.19. The number of rotatable bonds is 9. The van der Waals surface area contributed by atoms with Crippen molar-refractivity contribution in [3.05, 3.63) is 82.9 Å². The monoisotopic (exact) mass is 837 g/mol. The van der Waals surface area contributed by atoms with Crippen LogP contribution in [0.25, 0.3) is 16.8 Å². The van der Waals surface area contributed by atoms with Crippen LogP contribution < -0.4 is 10.6 Å². The first-order valence-corrected chi connectivity index (χ1v) is 19.8. The summed E-state index contributed by atoms with van der Waals surface area (Å²) in [5.74, 6) is -2.64. The van der Waals surface area contributed by atoms with Gasteiger partial charge in [0.15, 0.2) is 5.82 Å². The first-order chi connectivity index (χ1) is 26.8. The van der Waals surface area contributed by atoms with Crippen LogP contribution in [0.15, 0.2) is 60.1 Å². The fourth-order valence-corrected chi connectivity index (χ4v) is 7.90. The molecule has 304 valence electrons. The number of amides is 2. The largest absolute Gasteiger partial charge is 0.447 e. The third-order valence-electron chi connectivity index (χ3n) is 9.82. The predicted octanol–water partition coefficient (Wildman–Crippen LogP) is 6.63. The number of alkyl carbamates (subject to hydrolysis) is 1. The fraction of sp³-hybridized carbons (Fsp3) is 0.444. The van der Waals surface area contributed by atoms with Crippen LogP contribution in [0.4, 0.5) is 26.7 Å². The third-order valence-corrected chi connectivity index (χ3v) is 12.2. The van der Waals surface area contributed by atoms with Crippen LogP contribution in [0.1, 0.15) is 87.0 Å². The smallest absolute Gasteiger partial charge is 0.411 e. The molecule has 2 saturated carbocycles. The molecule has 7 rings (SSSR count). The van der Waals surface area contributed by atoms with Crippen molar-refractivity contribution in [1.82, 2.24) is 39.5 Å². The van der Waals surface area contributed by atoms with E-state index in [0.717, 1.165) is 26.1 Å². The first-order valence-electron chi connectivity index (χ1n) is 17.9. The van der Waals surface area contributed by atoms with Gasteiger partial charge in [0.1, 0.15) is 24.3 Å². The summed E-state index contributed by atoms with van der Waals surface area (Å²) in [6.07, 6.45) is -4.31. The van der Waals surface area contributed by atoms with Gasteiger partial charge in [0.2, 0.25) is 5.96 Å². The number of nitrogens with zero attached hydrogens (tertiary/aromatic N) is 7. The zero-order valence-electron chi connectivity index (χ0n) is 30.7. The number of alkyl halides is 4. The average Bonchev–Trinajstić information content (AvgIpc) is 4.04. The molecule has 2 aromatic carbocycles. The highest BCUT2D eigenvalue weighted by molar-refractivity contribution is 7.90. The van der Waals surface area contributed by atoms with Crippen LogP contribution >= 0.6 is 11.6 Å². The van der Waals surface area contributed by atoms with E-state index in [4.69, 9.17) is 16.3 Å². The van der Waals surface area contributed by atoms with Gasteiger partial charge in [0, 0.05) is 23.2 Å². The van der Waals surface area contributed by atoms with Gasteiger partial charge in [0.05, 0.1) is 34.4 Å². The summed E-state index contributed by atoms with van der Waals surface area (Å²) in [5, 5.41) is 12.4. The van der Waals surface area contributed by atoms with Gasteiger partial charge in [-0.3, -0.25) is 9.69 Å². The normalized spacial score (nSPS) is 20.2. The van der Waals surface area contributed by atoms with Gasteiger partial charge >= 0.3 is 12.3 Å². The van der Waals surface area contributed by atoms with E-state index in [9.17, 15) is 31.2 Å². The van der Waals surface area contributed by atoms with Crippen molar-refractivity contribution >= 4 is 39.6 Å². The number of carbonyl (C=O) groups is 2. The average molecular weight is 838 g/mol. The van der Waals surface area contributed by atoms with Crippen LogP contribution in [0.3, 0.4) is 0 Å². The molecule has 2 N–H and O–H groups in total. The molecule has 0 spiro atoms. The molecule has 1 aliphatic heterocycles. The Morgan fingerprint density at radius 3 is 2.46 bits per heavy atom. The number of carbonyl (C=O) groups excluding carboxylic acids is 2. The van der Waals surface area contributed by atoms with Crippen LogP contribution in [-0.4, -0.2) is 85.3 Å². The summed E-state index contributed by atoms with van der Waals surface area (Å²) >= 11 is 6.52. The number of aliphatic imine (C=N–C) groups is 1. The number of fused-ring (bicyclic) bond motifs is 4. The molecule has 21 heteroatoms. The molecule has 2 atom stereocenters. The number of aromatic nitrogens is 5. The molecule has 2 fully saturated rings. The van der Waals surface area contributed by atoms with Gasteiger partial charge in [-0.25, -0.2) is 36.7 Å². The number of hydrogen-bond donors (Lipinski definition) is 2. The number of halogens is 6. The summed E-state index contributed by atoms with van der Waals surface area (Å²) < 4.78 is 106. The summed E-state index contributed by atoms with van der Waals surface area (Å²) in [4.78, 5) is 36.9. The Hall–Kier alpha value is -5.11. The van der Waals surface area contributed by atoms with Crippen molar-refractivity contribution in [2.45, 2.75) is 82.2 Å². The molecule has 1 unspecified atom stereocenters. The van der Waals surface area contributed by atoms with E-state index >= 15 is 8.78 Å². The predicted molar refractivity (Wildman–Crippen MR) is 196 cm³/mol. The van der Waals surface area contributed by atoms with Crippen molar-refractivity contribution in [1.29, 1.82) is 0 Å². The number of nitrogens with one attached hydrogen (secondary N) is 2. The highest BCUT2D eigenvalue weighted by Crippen LogP contribution is 2.49. The zero-order chi connectivity index (χ0) is 41.1. The fourth-order valence-electron chi connectivity index (χ4n) is 6.22. The first kappa shape index (κ1) is 40.1. The van der Waals surface area contributed by atoms with E-state index in [1.54, 1.807) is 0 Å². The van der Waals surface area contributed by atoms with Crippen LogP contribution in [0.5, 0.6) is 0 Å². The SMILES string of the molecule is CC(C)(C)CCN/C1=N\C(F)c2ncnn2-c2cc(ccc2Cl)[C@@H](COC(=O)NC2(C(F)(F)F)CC2)N1C(=O)c1ccc(-c2cnn(S(=O)(=O)C3CC3)c2)c(F)c1. The highest BCUT2D eigenvalue weighted by Gasteiger charge is 2.64. The molecule has 3 aliphatic rings. The van der Waals surface area contributed by atoms with Crippen LogP contribution in [0.2, 0.25) is 5.02 Å². The second kappa shape index (κ2) is 14.7. The van der Waals surface area contributed by atoms with E-state index in [1.807, 2.05) is 26.1 Å². The Balaban J connectivity index is 1.31. The van der Waals surface area contributed by atoms with Gasteiger partial charge < -0.3 is 15.4 Å². The van der Waals surface area contributed by atoms with E-state index in [0.29, 0.717) is 19.3 Å². The Bertz CT molecular complexity index is 2350. The summed E-state index contributed by atoms with van der Waals surface area (Å²) in [6.45, 7) is 5.17. The molecule has 2 amide bonds. The van der Waals surface area contributed by atoms with Gasteiger partial charge in [-0.15, -0.1) is 0 Å². The van der Waals surface area contributed by atoms with Crippen LogP contribution in [-0.2, 0) is 14.8 Å². The molecule has 57 heavy (non-hydrogen) atoms. The number of hydrogen-bond acceptors (Lipinski definition) is 10. The van der Waals surface area contributed by atoms with Crippen molar-refractivity contribution < 1.29 is 44.7 Å². The van der Waals surface area contributed by atoms with Crippen LogP contribution in [0, 0.1) is 11.2 Å². The van der Waals surface area contributed by atoms with Crippen molar-refractivity contribution in [3.63, 3.8) is 0 Å². The van der Waals surface area contributed by atoms with Gasteiger partial charge in [-0.2, -0.15) is 27.5 Å². The number of benzene rings is 2. The summed E-state index contributed by atoms with van der Waals surface area (Å²) in [5.41, 5.74) is -2.70. The number of ether oxygens (including phenoxy) is 1. The Morgan fingerprint density at radius 1 is 1.07 bits per heavy atom. The molecule has 4 aromatic rings. The zero-order valence-corrected chi connectivity index (χ0v) is 32.3. The van der Waals surface area contributed by atoms with Gasteiger partial charge in [0.25, 0.3) is 22.2 Å². The summed E-state index contributed by atoms with van der Waals surface area (Å²) in [6, 6.07) is 6.24. The maximum Gasteiger partial charge on any atom is 0.411 e. The molecule has 3 heterocycles. The maximum atomic E-state index is 16.4. The standard InChI is InChI=1S/C36H37ClF5N9O5S/c1-34(2,3)12-13-43-32-47-29(39)30-44-19-46-51(30)27-15-20(5-9-25(27)37)28(18-56-33(53)48-35(10-11-35)36(40,41)42)50(32)31(52)21-4-8-24(26(38)14-21)22-16-45-49(17-22)57(54,55)23-6-7-23/h4-5,8-9,14-17,19,23,28-29H,6-7,10-13,18H2,1-3H3,(H,43,47)(H,48,53)/t28-,29?/m1/s1.